The Labute approximate surface area is 161 Å². The molecule has 0 spiro atoms. The van der Waals surface area contributed by atoms with E-state index in [1.165, 1.54) is 0 Å². The highest BCUT2D eigenvalue weighted by atomic mass is 16.7. The van der Waals surface area contributed by atoms with Crippen molar-refractivity contribution in [3.8, 4) is 22.6 Å². The topological polar surface area (TPSA) is 64.6 Å². The van der Waals surface area contributed by atoms with Crippen LogP contribution in [0.1, 0.15) is 40.1 Å². The van der Waals surface area contributed by atoms with Gasteiger partial charge in [-0.3, -0.25) is 9.59 Å². The second-order valence-corrected chi connectivity index (χ2v) is 7.35. The summed E-state index contributed by atoms with van der Waals surface area (Å²) in [6.45, 7) is 3.65. The minimum atomic E-state index is -0.722. The number of carbonyl (C=O) groups is 2. The minimum absolute atomic E-state index is 0.0504. The number of rotatable bonds is 2. The summed E-state index contributed by atoms with van der Waals surface area (Å²) in [5.74, 6) is 0.168. The van der Waals surface area contributed by atoms with E-state index in [1.807, 2.05) is 44.2 Å². The van der Waals surface area contributed by atoms with Gasteiger partial charge in [0.05, 0.1) is 0 Å². The number of ether oxygens (including phenoxy) is 2. The molecule has 0 atom stereocenters. The maximum Gasteiger partial charge on any atom is 0.255 e. The third kappa shape index (κ3) is 2.55. The third-order valence-electron chi connectivity index (χ3n) is 4.90. The fourth-order valence-electron chi connectivity index (χ4n) is 3.67. The quantitative estimate of drug-likeness (QED) is 0.557. The Bertz CT molecular complexity index is 1160. The number of hydrogen-bond donors (Lipinski definition) is 1. The van der Waals surface area contributed by atoms with E-state index in [4.69, 9.17) is 9.47 Å². The number of ketones is 1. The first kappa shape index (κ1) is 16.6. The molecule has 0 saturated heterocycles. The normalized spacial score (nSPS) is 15.1. The van der Waals surface area contributed by atoms with Crippen molar-refractivity contribution >= 4 is 17.4 Å². The summed E-state index contributed by atoms with van der Waals surface area (Å²) in [5, 5.41) is 2.86. The first-order valence-electron chi connectivity index (χ1n) is 9.03. The molecule has 0 bridgehead atoms. The van der Waals surface area contributed by atoms with Crippen molar-refractivity contribution in [3.63, 3.8) is 0 Å². The van der Waals surface area contributed by atoms with Crippen LogP contribution in [0.15, 0.2) is 60.7 Å². The molecule has 5 heteroatoms. The Morgan fingerprint density at radius 3 is 2.36 bits per heavy atom. The lowest BCUT2D eigenvalue weighted by atomic mass is 10.0. The van der Waals surface area contributed by atoms with E-state index in [0.29, 0.717) is 33.9 Å². The molecule has 1 aliphatic heterocycles. The molecule has 1 heterocycles. The summed E-state index contributed by atoms with van der Waals surface area (Å²) < 4.78 is 11.4. The lowest BCUT2D eigenvalue weighted by Gasteiger charge is -2.16. The van der Waals surface area contributed by atoms with Crippen molar-refractivity contribution in [1.82, 2.24) is 0 Å². The number of amides is 1. The number of nitrogens with one attached hydrogen (secondary N) is 1. The standard InChI is InChI=1S/C23H17NO4/c1-23(2)27-19-10-8-14(12-20(19)28-23)24-22(26)13-7-9-16-15-5-3-4-6-17(15)21(25)18(16)11-13/h3-12H,1-2H3,(H,24,26). The van der Waals surface area contributed by atoms with Gasteiger partial charge in [0.1, 0.15) is 0 Å². The van der Waals surface area contributed by atoms with E-state index < -0.39 is 5.79 Å². The molecule has 1 aliphatic carbocycles. The molecule has 0 aromatic heterocycles. The molecule has 0 radical (unpaired) electrons. The molecule has 0 unspecified atom stereocenters. The number of carbonyl (C=O) groups excluding carboxylic acids is 2. The maximum atomic E-state index is 12.7. The van der Waals surface area contributed by atoms with Crippen molar-refractivity contribution in [3.05, 3.63) is 77.4 Å². The van der Waals surface area contributed by atoms with Gasteiger partial charge in [0.15, 0.2) is 17.3 Å². The maximum absolute atomic E-state index is 12.7. The Balaban J connectivity index is 1.42. The van der Waals surface area contributed by atoms with E-state index >= 15 is 0 Å². The van der Waals surface area contributed by atoms with Gasteiger partial charge in [-0.1, -0.05) is 30.3 Å². The largest absolute Gasteiger partial charge is 0.449 e. The predicted octanol–water partition coefficient (Wildman–Crippen LogP) is 4.66. The summed E-state index contributed by atoms with van der Waals surface area (Å²) in [6, 6.07) is 18.0. The zero-order chi connectivity index (χ0) is 19.5. The zero-order valence-corrected chi connectivity index (χ0v) is 15.4. The second-order valence-electron chi connectivity index (χ2n) is 7.35. The van der Waals surface area contributed by atoms with Gasteiger partial charge < -0.3 is 14.8 Å². The predicted molar refractivity (Wildman–Crippen MR) is 105 cm³/mol. The average Bonchev–Trinajstić information content (AvgIpc) is 3.14. The highest BCUT2D eigenvalue weighted by molar-refractivity contribution is 6.22. The molecule has 1 amide bonds. The van der Waals surface area contributed by atoms with Crippen LogP contribution in [0, 0.1) is 0 Å². The summed E-state index contributed by atoms with van der Waals surface area (Å²) in [6.07, 6.45) is 0. The molecular weight excluding hydrogens is 354 g/mol. The highest BCUT2D eigenvalue weighted by Gasteiger charge is 2.32. The Hall–Kier alpha value is -3.60. The van der Waals surface area contributed by atoms with Gasteiger partial charge in [0.25, 0.3) is 5.91 Å². The van der Waals surface area contributed by atoms with Gasteiger partial charge >= 0.3 is 0 Å². The van der Waals surface area contributed by atoms with Crippen LogP contribution in [-0.2, 0) is 0 Å². The van der Waals surface area contributed by atoms with Crippen LogP contribution >= 0.6 is 0 Å². The third-order valence-corrected chi connectivity index (χ3v) is 4.90. The molecule has 5 rings (SSSR count). The van der Waals surface area contributed by atoms with Crippen molar-refractivity contribution in [2.75, 3.05) is 5.32 Å². The molecule has 3 aromatic rings. The van der Waals surface area contributed by atoms with E-state index in [0.717, 1.165) is 11.1 Å². The van der Waals surface area contributed by atoms with Crippen LogP contribution in [0.2, 0.25) is 0 Å². The second kappa shape index (κ2) is 5.70. The van der Waals surface area contributed by atoms with E-state index in [-0.39, 0.29) is 11.7 Å². The molecule has 5 nitrogen and oxygen atoms in total. The molecule has 0 fully saturated rings. The lowest BCUT2D eigenvalue weighted by Crippen LogP contribution is -2.29. The van der Waals surface area contributed by atoms with Crippen LogP contribution in [0.25, 0.3) is 11.1 Å². The summed E-state index contributed by atoms with van der Waals surface area (Å²) in [5.41, 5.74) is 4.03. The Kier molecular flexibility index (Phi) is 3.37. The Morgan fingerprint density at radius 1 is 0.821 bits per heavy atom. The number of anilines is 1. The van der Waals surface area contributed by atoms with Gasteiger partial charge in [-0.15, -0.1) is 0 Å². The molecular formula is C23H17NO4. The van der Waals surface area contributed by atoms with E-state index in [2.05, 4.69) is 5.32 Å². The van der Waals surface area contributed by atoms with Gasteiger partial charge in [-0.25, -0.2) is 0 Å². The van der Waals surface area contributed by atoms with Crippen LogP contribution in [-0.4, -0.2) is 17.5 Å². The first-order valence-corrected chi connectivity index (χ1v) is 9.03. The first-order chi connectivity index (χ1) is 13.4. The average molecular weight is 371 g/mol. The summed E-state index contributed by atoms with van der Waals surface area (Å²) >= 11 is 0. The van der Waals surface area contributed by atoms with Crippen molar-refractivity contribution in [1.29, 1.82) is 0 Å². The van der Waals surface area contributed by atoms with Gasteiger partial charge in [0.2, 0.25) is 5.79 Å². The van der Waals surface area contributed by atoms with Crippen LogP contribution < -0.4 is 14.8 Å². The fourth-order valence-corrected chi connectivity index (χ4v) is 3.67. The van der Waals surface area contributed by atoms with Gasteiger partial charge in [0, 0.05) is 42.3 Å². The monoisotopic (exact) mass is 371 g/mol. The number of benzene rings is 3. The highest BCUT2D eigenvalue weighted by Crippen LogP contribution is 2.41. The number of fused-ring (bicyclic) bond motifs is 4. The fraction of sp³-hybridized carbons (Fsp3) is 0.130. The van der Waals surface area contributed by atoms with Gasteiger partial charge in [-0.2, -0.15) is 0 Å². The van der Waals surface area contributed by atoms with Crippen LogP contribution in [0.4, 0.5) is 5.69 Å². The van der Waals surface area contributed by atoms with Crippen LogP contribution in [0.3, 0.4) is 0 Å². The summed E-state index contributed by atoms with van der Waals surface area (Å²) in [7, 11) is 0. The van der Waals surface area contributed by atoms with Crippen LogP contribution in [0.5, 0.6) is 11.5 Å². The van der Waals surface area contributed by atoms with Crippen molar-refractivity contribution < 1.29 is 19.1 Å². The van der Waals surface area contributed by atoms with Gasteiger partial charge in [-0.05, 0) is 35.4 Å². The smallest absolute Gasteiger partial charge is 0.255 e. The molecule has 0 saturated carbocycles. The number of hydrogen-bond acceptors (Lipinski definition) is 4. The summed E-state index contributed by atoms with van der Waals surface area (Å²) in [4.78, 5) is 25.4. The molecule has 2 aliphatic rings. The van der Waals surface area contributed by atoms with Crippen molar-refractivity contribution in [2.45, 2.75) is 19.6 Å². The lowest BCUT2D eigenvalue weighted by molar-refractivity contribution is -0.0431. The SMILES string of the molecule is CC1(C)Oc2ccc(NC(=O)c3ccc4c(c3)C(=O)c3ccccc3-4)cc2O1. The minimum Gasteiger partial charge on any atom is -0.449 e. The zero-order valence-electron chi connectivity index (χ0n) is 15.4. The molecule has 3 aromatic carbocycles. The molecule has 1 N–H and O–H groups in total. The Morgan fingerprint density at radius 2 is 1.54 bits per heavy atom. The molecule has 138 valence electrons. The molecule has 28 heavy (non-hydrogen) atoms. The van der Waals surface area contributed by atoms with E-state index in [1.54, 1.807) is 30.3 Å². The van der Waals surface area contributed by atoms with Crippen molar-refractivity contribution in [2.24, 2.45) is 0 Å². The van der Waals surface area contributed by atoms with E-state index in [9.17, 15) is 9.59 Å².